The average Bonchev–Trinajstić information content (AvgIpc) is 3.07. The fourth-order valence-electron chi connectivity index (χ4n) is 1.86. The summed E-state index contributed by atoms with van der Waals surface area (Å²) < 4.78 is 0. The van der Waals surface area contributed by atoms with Crippen LogP contribution in [0.25, 0.3) is 0 Å². The predicted molar refractivity (Wildman–Crippen MR) is 70.0 cm³/mol. The molecule has 4 nitrogen and oxygen atoms in total. The number of carbonyl (C=O) groups is 2. The van der Waals surface area contributed by atoms with Gasteiger partial charge in [-0.2, -0.15) is 0 Å². The van der Waals surface area contributed by atoms with Crippen molar-refractivity contribution >= 4 is 17.5 Å². The van der Waals surface area contributed by atoms with Crippen molar-refractivity contribution in [2.75, 3.05) is 11.9 Å². The quantitative estimate of drug-likeness (QED) is 0.832. The molecule has 2 atom stereocenters. The van der Waals surface area contributed by atoms with Gasteiger partial charge in [-0.1, -0.05) is 25.1 Å². The Morgan fingerprint density at radius 3 is 2.56 bits per heavy atom. The summed E-state index contributed by atoms with van der Waals surface area (Å²) in [5.74, 6) is 0.672. The van der Waals surface area contributed by atoms with Gasteiger partial charge in [0.2, 0.25) is 11.8 Å². The van der Waals surface area contributed by atoms with E-state index in [9.17, 15) is 9.59 Å². The molecule has 1 aromatic carbocycles. The Bertz CT molecular complexity index is 431. The van der Waals surface area contributed by atoms with Gasteiger partial charge < -0.3 is 10.6 Å². The van der Waals surface area contributed by atoms with E-state index in [1.54, 1.807) is 0 Å². The molecule has 0 aliphatic heterocycles. The number of anilines is 1. The summed E-state index contributed by atoms with van der Waals surface area (Å²) >= 11 is 0. The van der Waals surface area contributed by atoms with Crippen LogP contribution in [0.2, 0.25) is 0 Å². The van der Waals surface area contributed by atoms with Gasteiger partial charge in [0.05, 0.1) is 0 Å². The van der Waals surface area contributed by atoms with E-state index < -0.39 is 0 Å². The number of para-hydroxylation sites is 1. The van der Waals surface area contributed by atoms with Gasteiger partial charge in [-0.15, -0.1) is 0 Å². The van der Waals surface area contributed by atoms with E-state index in [-0.39, 0.29) is 17.7 Å². The number of nitrogens with one attached hydrogen (secondary N) is 2. The highest BCUT2D eigenvalue weighted by molar-refractivity contribution is 5.91. The van der Waals surface area contributed by atoms with Gasteiger partial charge >= 0.3 is 0 Å². The van der Waals surface area contributed by atoms with E-state index >= 15 is 0 Å². The van der Waals surface area contributed by atoms with E-state index in [2.05, 4.69) is 17.6 Å². The van der Waals surface area contributed by atoms with Crippen molar-refractivity contribution in [2.24, 2.45) is 11.8 Å². The van der Waals surface area contributed by atoms with Crippen LogP contribution in [0.5, 0.6) is 0 Å². The molecule has 0 aromatic heterocycles. The largest absolute Gasteiger partial charge is 0.355 e. The van der Waals surface area contributed by atoms with E-state index in [0.717, 1.165) is 12.1 Å². The second-order valence-electron chi connectivity index (χ2n) is 4.77. The average molecular weight is 246 g/mol. The summed E-state index contributed by atoms with van der Waals surface area (Å²) in [5.41, 5.74) is 0.782. The first-order valence-electron chi connectivity index (χ1n) is 6.29. The van der Waals surface area contributed by atoms with E-state index in [1.165, 1.54) is 0 Å². The molecule has 18 heavy (non-hydrogen) atoms. The Morgan fingerprint density at radius 1 is 1.28 bits per heavy atom. The first-order valence-corrected chi connectivity index (χ1v) is 6.29. The van der Waals surface area contributed by atoms with Crippen molar-refractivity contribution in [1.82, 2.24) is 5.32 Å². The number of hydrogen-bond acceptors (Lipinski definition) is 2. The molecule has 1 aromatic rings. The van der Waals surface area contributed by atoms with Gasteiger partial charge in [0.1, 0.15) is 0 Å². The maximum atomic E-state index is 11.6. The van der Waals surface area contributed by atoms with Crippen LogP contribution < -0.4 is 10.6 Å². The van der Waals surface area contributed by atoms with Gasteiger partial charge in [0, 0.05) is 24.6 Å². The Balaban J connectivity index is 1.65. The Kier molecular flexibility index (Phi) is 3.97. The summed E-state index contributed by atoms with van der Waals surface area (Å²) in [5, 5.41) is 5.57. The van der Waals surface area contributed by atoms with Crippen molar-refractivity contribution < 1.29 is 9.59 Å². The fraction of sp³-hybridized carbons (Fsp3) is 0.429. The molecule has 1 aliphatic rings. The van der Waals surface area contributed by atoms with Crippen molar-refractivity contribution in [3.8, 4) is 0 Å². The van der Waals surface area contributed by atoms with Gasteiger partial charge in [0.15, 0.2) is 0 Å². The maximum Gasteiger partial charge on any atom is 0.226 e. The number of rotatable bonds is 5. The molecule has 0 saturated heterocycles. The first kappa shape index (κ1) is 12.6. The number of benzene rings is 1. The number of hydrogen-bond donors (Lipinski definition) is 2. The van der Waals surface area contributed by atoms with Crippen LogP contribution in [-0.4, -0.2) is 18.4 Å². The molecule has 96 valence electrons. The van der Waals surface area contributed by atoms with E-state index in [4.69, 9.17) is 0 Å². The lowest BCUT2D eigenvalue weighted by Crippen LogP contribution is -2.29. The zero-order valence-corrected chi connectivity index (χ0v) is 10.5. The summed E-state index contributed by atoms with van der Waals surface area (Å²) in [6.07, 6.45) is 1.28. The third-order valence-electron chi connectivity index (χ3n) is 3.16. The zero-order valence-electron chi connectivity index (χ0n) is 10.5. The molecule has 1 saturated carbocycles. The molecule has 2 amide bonds. The van der Waals surface area contributed by atoms with Crippen LogP contribution in [0.1, 0.15) is 19.8 Å². The standard InChI is InChI=1S/C14H18N2O2/c1-10-9-12(10)14(18)15-8-7-13(17)16-11-5-3-2-4-6-11/h2-6,10,12H,7-9H2,1H3,(H,15,18)(H,16,17). The van der Waals surface area contributed by atoms with Crippen LogP contribution in [0, 0.1) is 11.8 Å². The summed E-state index contributed by atoms with van der Waals surface area (Å²) in [6, 6.07) is 9.30. The molecule has 0 heterocycles. The summed E-state index contributed by atoms with van der Waals surface area (Å²) in [4.78, 5) is 23.1. The van der Waals surface area contributed by atoms with E-state index in [1.807, 2.05) is 30.3 Å². The number of amides is 2. The Labute approximate surface area is 107 Å². The lowest BCUT2D eigenvalue weighted by Gasteiger charge is -2.06. The molecule has 1 aliphatic carbocycles. The summed E-state index contributed by atoms with van der Waals surface area (Å²) in [6.45, 7) is 2.47. The second kappa shape index (κ2) is 5.67. The molecule has 0 radical (unpaired) electrons. The highest BCUT2D eigenvalue weighted by Crippen LogP contribution is 2.37. The minimum Gasteiger partial charge on any atom is -0.355 e. The maximum absolute atomic E-state index is 11.6. The minimum atomic E-state index is -0.0784. The van der Waals surface area contributed by atoms with Crippen molar-refractivity contribution in [3.63, 3.8) is 0 Å². The molecule has 2 N–H and O–H groups in total. The molecular formula is C14H18N2O2. The highest BCUT2D eigenvalue weighted by Gasteiger charge is 2.38. The molecule has 2 rings (SSSR count). The normalized spacial score (nSPS) is 21.2. The highest BCUT2D eigenvalue weighted by atomic mass is 16.2. The molecule has 0 bridgehead atoms. The van der Waals surface area contributed by atoms with E-state index in [0.29, 0.717) is 18.9 Å². The van der Waals surface area contributed by atoms with Crippen molar-refractivity contribution in [2.45, 2.75) is 19.8 Å². The number of carbonyl (C=O) groups excluding carboxylic acids is 2. The van der Waals surface area contributed by atoms with Crippen molar-refractivity contribution in [1.29, 1.82) is 0 Å². The van der Waals surface area contributed by atoms with Crippen LogP contribution in [0.3, 0.4) is 0 Å². The first-order chi connectivity index (χ1) is 8.66. The van der Waals surface area contributed by atoms with Gasteiger partial charge in [0.25, 0.3) is 0 Å². The van der Waals surface area contributed by atoms with Gasteiger partial charge in [-0.05, 0) is 24.5 Å². The zero-order chi connectivity index (χ0) is 13.0. The van der Waals surface area contributed by atoms with Crippen LogP contribution in [0.15, 0.2) is 30.3 Å². The van der Waals surface area contributed by atoms with Crippen LogP contribution >= 0.6 is 0 Å². The fourth-order valence-corrected chi connectivity index (χ4v) is 1.86. The Morgan fingerprint density at radius 2 is 1.94 bits per heavy atom. The molecule has 0 spiro atoms. The lowest BCUT2D eigenvalue weighted by atomic mass is 10.3. The van der Waals surface area contributed by atoms with Gasteiger partial charge in [-0.3, -0.25) is 9.59 Å². The molecule has 1 fully saturated rings. The van der Waals surface area contributed by atoms with Crippen LogP contribution in [-0.2, 0) is 9.59 Å². The molecule has 4 heteroatoms. The van der Waals surface area contributed by atoms with Gasteiger partial charge in [-0.25, -0.2) is 0 Å². The topological polar surface area (TPSA) is 58.2 Å². The van der Waals surface area contributed by atoms with Crippen LogP contribution in [0.4, 0.5) is 5.69 Å². The third-order valence-corrected chi connectivity index (χ3v) is 3.16. The van der Waals surface area contributed by atoms with Crippen molar-refractivity contribution in [3.05, 3.63) is 30.3 Å². The monoisotopic (exact) mass is 246 g/mol. The predicted octanol–water partition coefficient (Wildman–Crippen LogP) is 1.79. The minimum absolute atomic E-state index is 0.0784. The summed E-state index contributed by atoms with van der Waals surface area (Å²) in [7, 11) is 0. The smallest absolute Gasteiger partial charge is 0.226 e. The third kappa shape index (κ3) is 3.58. The lowest BCUT2D eigenvalue weighted by molar-refractivity contribution is -0.122. The second-order valence-corrected chi connectivity index (χ2v) is 4.77. The SMILES string of the molecule is CC1CC1C(=O)NCCC(=O)Nc1ccccc1. The Hall–Kier alpha value is -1.84. The molecular weight excluding hydrogens is 228 g/mol. The molecule has 2 unspecified atom stereocenters.